The summed E-state index contributed by atoms with van der Waals surface area (Å²) in [6.07, 6.45) is 8.24. The molecule has 0 radical (unpaired) electrons. The van der Waals surface area contributed by atoms with Crippen molar-refractivity contribution >= 4 is 0 Å². The Hall–Kier alpha value is -1.06. The van der Waals surface area contributed by atoms with Gasteiger partial charge in [0.15, 0.2) is 0 Å². The highest BCUT2D eigenvalue weighted by Gasteiger charge is 2.11. The topological polar surface area (TPSA) is 47.3 Å². The Morgan fingerprint density at radius 1 is 1.05 bits per heavy atom. The number of nitrogens with two attached hydrogens (primary N) is 1. The second-order valence-corrected chi connectivity index (χ2v) is 5.35. The zero-order chi connectivity index (χ0) is 13.3. The Balaban J connectivity index is 1.75. The van der Waals surface area contributed by atoms with Crippen LogP contribution in [0.1, 0.15) is 44.1 Å². The van der Waals surface area contributed by atoms with Crippen LogP contribution >= 0.6 is 0 Å². The van der Waals surface area contributed by atoms with Crippen molar-refractivity contribution in [2.24, 2.45) is 5.73 Å². The van der Waals surface area contributed by atoms with Gasteiger partial charge in [0.2, 0.25) is 0 Å². The van der Waals surface area contributed by atoms with E-state index in [4.69, 9.17) is 10.5 Å². The lowest BCUT2D eigenvalue weighted by atomic mass is 10.1. The average Bonchev–Trinajstić information content (AvgIpc) is 2.72. The molecule has 0 atom stereocenters. The molecule has 0 aromatic heterocycles. The third-order valence-corrected chi connectivity index (χ3v) is 3.76. The van der Waals surface area contributed by atoms with Crippen LogP contribution in [0.4, 0.5) is 0 Å². The van der Waals surface area contributed by atoms with Crippen LogP contribution in [-0.2, 0) is 6.54 Å². The molecule has 1 fully saturated rings. The number of hydrogen-bond donors (Lipinski definition) is 2. The minimum Gasteiger partial charge on any atom is -0.492 e. The van der Waals surface area contributed by atoms with Crippen LogP contribution in [0.5, 0.6) is 5.75 Å². The minimum atomic E-state index is 0.561. The molecular formula is C16H26N2O. The fourth-order valence-electron chi connectivity index (χ4n) is 2.63. The van der Waals surface area contributed by atoms with Gasteiger partial charge in [-0.2, -0.15) is 0 Å². The molecule has 2 rings (SSSR count). The van der Waals surface area contributed by atoms with Crippen molar-refractivity contribution in [1.82, 2.24) is 5.32 Å². The summed E-state index contributed by atoms with van der Waals surface area (Å²) >= 11 is 0. The van der Waals surface area contributed by atoms with Gasteiger partial charge in [-0.05, 0) is 30.5 Å². The fraction of sp³-hybridized carbons (Fsp3) is 0.625. The SMILES string of the molecule is NCCOc1ccc(CNC2CCCCCC2)cc1. The summed E-state index contributed by atoms with van der Waals surface area (Å²) in [7, 11) is 0. The second-order valence-electron chi connectivity index (χ2n) is 5.35. The van der Waals surface area contributed by atoms with E-state index in [1.54, 1.807) is 0 Å². The molecule has 0 unspecified atom stereocenters. The molecule has 0 spiro atoms. The highest BCUT2D eigenvalue weighted by Crippen LogP contribution is 2.18. The lowest BCUT2D eigenvalue weighted by Gasteiger charge is -2.16. The Labute approximate surface area is 116 Å². The van der Waals surface area contributed by atoms with E-state index in [-0.39, 0.29) is 0 Å². The van der Waals surface area contributed by atoms with Crippen LogP contribution in [0, 0.1) is 0 Å². The molecule has 1 aliphatic rings. The summed E-state index contributed by atoms with van der Waals surface area (Å²) in [5.74, 6) is 0.906. The first-order chi connectivity index (χ1) is 9.38. The Morgan fingerprint density at radius 3 is 2.37 bits per heavy atom. The van der Waals surface area contributed by atoms with Crippen LogP contribution in [0.25, 0.3) is 0 Å². The number of rotatable bonds is 6. The van der Waals surface area contributed by atoms with Gasteiger partial charge >= 0.3 is 0 Å². The summed E-state index contributed by atoms with van der Waals surface area (Å²) in [5, 5.41) is 3.68. The molecular weight excluding hydrogens is 236 g/mol. The van der Waals surface area contributed by atoms with E-state index in [9.17, 15) is 0 Å². The number of ether oxygens (including phenoxy) is 1. The second kappa shape index (κ2) is 8.18. The molecule has 0 amide bonds. The number of nitrogens with one attached hydrogen (secondary N) is 1. The molecule has 0 bridgehead atoms. The van der Waals surface area contributed by atoms with Gasteiger partial charge in [-0.1, -0.05) is 37.8 Å². The first kappa shape index (κ1) is 14.4. The van der Waals surface area contributed by atoms with Crippen molar-refractivity contribution in [2.75, 3.05) is 13.2 Å². The number of benzene rings is 1. The lowest BCUT2D eigenvalue weighted by Crippen LogP contribution is -2.27. The molecule has 3 N–H and O–H groups in total. The van der Waals surface area contributed by atoms with Crippen LogP contribution in [0.2, 0.25) is 0 Å². The predicted molar refractivity (Wildman–Crippen MR) is 79.3 cm³/mol. The van der Waals surface area contributed by atoms with E-state index < -0.39 is 0 Å². The molecule has 0 aliphatic heterocycles. The van der Waals surface area contributed by atoms with Crippen molar-refractivity contribution in [3.05, 3.63) is 29.8 Å². The maximum absolute atomic E-state index is 5.48. The summed E-state index contributed by atoms with van der Waals surface area (Å²) in [6.45, 7) is 2.10. The van der Waals surface area contributed by atoms with E-state index in [1.807, 2.05) is 12.1 Å². The van der Waals surface area contributed by atoms with Crippen molar-refractivity contribution < 1.29 is 4.74 Å². The maximum atomic E-state index is 5.48. The maximum Gasteiger partial charge on any atom is 0.119 e. The smallest absolute Gasteiger partial charge is 0.119 e. The van der Waals surface area contributed by atoms with Crippen molar-refractivity contribution in [2.45, 2.75) is 51.1 Å². The van der Waals surface area contributed by atoms with Crippen LogP contribution < -0.4 is 15.8 Å². The molecule has 1 aliphatic carbocycles. The van der Waals surface area contributed by atoms with E-state index in [1.165, 1.54) is 44.1 Å². The summed E-state index contributed by atoms with van der Waals surface area (Å²) in [6, 6.07) is 9.03. The van der Waals surface area contributed by atoms with Gasteiger partial charge in [-0.15, -0.1) is 0 Å². The molecule has 1 aromatic rings. The third-order valence-electron chi connectivity index (χ3n) is 3.76. The number of hydrogen-bond acceptors (Lipinski definition) is 3. The van der Waals surface area contributed by atoms with E-state index >= 15 is 0 Å². The summed E-state index contributed by atoms with van der Waals surface area (Å²) in [4.78, 5) is 0. The molecule has 1 aromatic carbocycles. The quantitative estimate of drug-likeness (QED) is 0.775. The fourth-order valence-corrected chi connectivity index (χ4v) is 2.63. The van der Waals surface area contributed by atoms with Crippen LogP contribution in [-0.4, -0.2) is 19.2 Å². The highest BCUT2D eigenvalue weighted by atomic mass is 16.5. The van der Waals surface area contributed by atoms with E-state index in [2.05, 4.69) is 17.4 Å². The normalized spacial score (nSPS) is 17.1. The van der Waals surface area contributed by atoms with Crippen LogP contribution in [0.3, 0.4) is 0 Å². The summed E-state index contributed by atoms with van der Waals surface area (Å²) < 4.78 is 5.48. The first-order valence-electron chi connectivity index (χ1n) is 7.53. The Bertz CT molecular complexity index is 342. The standard InChI is InChI=1S/C16H26N2O/c17-11-12-19-16-9-7-14(8-10-16)13-18-15-5-3-1-2-4-6-15/h7-10,15,18H,1-6,11-13,17H2. The van der Waals surface area contributed by atoms with E-state index in [0.717, 1.165) is 12.3 Å². The van der Waals surface area contributed by atoms with Gasteiger partial charge in [0.1, 0.15) is 12.4 Å². The van der Waals surface area contributed by atoms with Crippen molar-refractivity contribution in [3.63, 3.8) is 0 Å². The Morgan fingerprint density at radius 2 is 1.74 bits per heavy atom. The highest BCUT2D eigenvalue weighted by molar-refractivity contribution is 5.27. The minimum absolute atomic E-state index is 0.561. The average molecular weight is 262 g/mol. The Kier molecular flexibility index (Phi) is 6.18. The zero-order valence-electron chi connectivity index (χ0n) is 11.7. The monoisotopic (exact) mass is 262 g/mol. The molecule has 3 heteroatoms. The van der Waals surface area contributed by atoms with Gasteiger partial charge in [-0.3, -0.25) is 0 Å². The first-order valence-corrected chi connectivity index (χ1v) is 7.53. The molecule has 0 heterocycles. The van der Waals surface area contributed by atoms with Gasteiger partial charge in [-0.25, -0.2) is 0 Å². The van der Waals surface area contributed by atoms with Crippen molar-refractivity contribution in [1.29, 1.82) is 0 Å². The van der Waals surface area contributed by atoms with Gasteiger partial charge < -0.3 is 15.8 Å². The molecule has 106 valence electrons. The lowest BCUT2D eigenvalue weighted by molar-refractivity contribution is 0.328. The summed E-state index contributed by atoms with van der Waals surface area (Å²) in [5.41, 5.74) is 6.74. The molecule has 0 saturated heterocycles. The molecule has 1 saturated carbocycles. The molecule has 3 nitrogen and oxygen atoms in total. The molecule has 19 heavy (non-hydrogen) atoms. The van der Waals surface area contributed by atoms with Gasteiger partial charge in [0.05, 0.1) is 0 Å². The van der Waals surface area contributed by atoms with Crippen LogP contribution in [0.15, 0.2) is 24.3 Å². The van der Waals surface area contributed by atoms with Gasteiger partial charge in [0.25, 0.3) is 0 Å². The van der Waals surface area contributed by atoms with E-state index in [0.29, 0.717) is 19.2 Å². The zero-order valence-corrected chi connectivity index (χ0v) is 11.7. The van der Waals surface area contributed by atoms with Crippen molar-refractivity contribution in [3.8, 4) is 5.75 Å². The predicted octanol–water partition coefficient (Wildman–Crippen LogP) is 2.84. The third kappa shape index (κ3) is 5.21. The largest absolute Gasteiger partial charge is 0.492 e. The van der Waals surface area contributed by atoms with Gasteiger partial charge in [0, 0.05) is 19.1 Å².